The van der Waals surface area contributed by atoms with Gasteiger partial charge in [0.05, 0.1) is 16.7 Å². The Morgan fingerprint density at radius 1 is 1.17 bits per heavy atom. The van der Waals surface area contributed by atoms with E-state index in [1.165, 1.54) is 18.2 Å². The maximum absolute atomic E-state index is 13.5. The molecule has 0 bridgehead atoms. The zero-order chi connectivity index (χ0) is 12.5. The van der Waals surface area contributed by atoms with E-state index in [1.54, 1.807) is 0 Å². The van der Waals surface area contributed by atoms with E-state index in [9.17, 15) is 4.39 Å². The minimum absolute atomic E-state index is 0.293. The normalized spacial score (nSPS) is 10.8. The first-order valence-corrected chi connectivity index (χ1v) is 5.77. The SMILES string of the molecule is Fc1ccc(Cl)cc1Nc1nc2ccccc2[nH]1. The molecule has 90 valence electrons. The predicted molar refractivity (Wildman–Crippen MR) is 70.8 cm³/mol. The van der Waals surface area contributed by atoms with Crippen molar-refractivity contribution in [2.75, 3.05) is 5.32 Å². The van der Waals surface area contributed by atoms with Gasteiger partial charge in [-0.3, -0.25) is 0 Å². The predicted octanol–water partition coefficient (Wildman–Crippen LogP) is 4.10. The standard InChI is InChI=1S/C13H9ClFN3/c14-8-5-6-9(15)12(7-8)18-13-16-10-3-1-2-4-11(10)17-13/h1-7H,(H2,16,17,18). The van der Waals surface area contributed by atoms with E-state index in [0.29, 0.717) is 16.7 Å². The van der Waals surface area contributed by atoms with Crippen LogP contribution in [-0.2, 0) is 0 Å². The molecule has 0 unspecified atom stereocenters. The van der Waals surface area contributed by atoms with Crippen LogP contribution in [0.15, 0.2) is 42.5 Å². The highest BCUT2D eigenvalue weighted by molar-refractivity contribution is 6.30. The summed E-state index contributed by atoms with van der Waals surface area (Å²) in [6.45, 7) is 0. The molecule has 0 aliphatic carbocycles. The number of imidazole rings is 1. The molecule has 3 nitrogen and oxygen atoms in total. The van der Waals surface area contributed by atoms with Crippen molar-refractivity contribution in [3.63, 3.8) is 0 Å². The Labute approximate surface area is 108 Å². The van der Waals surface area contributed by atoms with E-state index in [4.69, 9.17) is 11.6 Å². The zero-order valence-electron chi connectivity index (χ0n) is 9.24. The van der Waals surface area contributed by atoms with Gasteiger partial charge in [-0.15, -0.1) is 0 Å². The maximum Gasteiger partial charge on any atom is 0.205 e. The molecule has 3 aromatic rings. The van der Waals surface area contributed by atoms with Gasteiger partial charge in [-0.05, 0) is 30.3 Å². The molecule has 3 rings (SSSR count). The fraction of sp³-hybridized carbons (Fsp3) is 0. The van der Waals surface area contributed by atoms with Crippen molar-refractivity contribution >= 4 is 34.3 Å². The number of nitrogens with zero attached hydrogens (tertiary/aromatic N) is 1. The lowest BCUT2D eigenvalue weighted by Gasteiger charge is -2.04. The van der Waals surface area contributed by atoms with Crippen LogP contribution in [0, 0.1) is 5.82 Å². The molecule has 2 N–H and O–H groups in total. The molecule has 0 saturated carbocycles. The highest BCUT2D eigenvalue weighted by atomic mass is 35.5. The Morgan fingerprint density at radius 3 is 2.83 bits per heavy atom. The fourth-order valence-electron chi connectivity index (χ4n) is 1.73. The molecule has 0 radical (unpaired) electrons. The first-order chi connectivity index (χ1) is 8.72. The molecule has 0 aliphatic heterocycles. The smallest absolute Gasteiger partial charge is 0.205 e. The molecule has 0 atom stereocenters. The average molecular weight is 262 g/mol. The van der Waals surface area contributed by atoms with Gasteiger partial charge in [-0.2, -0.15) is 0 Å². The van der Waals surface area contributed by atoms with E-state index >= 15 is 0 Å². The van der Waals surface area contributed by atoms with Gasteiger partial charge in [0.25, 0.3) is 0 Å². The van der Waals surface area contributed by atoms with Gasteiger partial charge in [-0.25, -0.2) is 9.37 Å². The second-order valence-corrected chi connectivity index (χ2v) is 4.29. The van der Waals surface area contributed by atoms with Crippen molar-refractivity contribution in [1.29, 1.82) is 0 Å². The van der Waals surface area contributed by atoms with E-state index < -0.39 is 0 Å². The maximum atomic E-state index is 13.5. The highest BCUT2D eigenvalue weighted by Gasteiger charge is 2.06. The van der Waals surface area contributed by atoms with E-state index in [0.717, 1.165) is 11.0 Å². The van der Waals surface area contributed by atoms with Gasteiger partial charge in [0.15, 0.2) is 0 Å². The summed E-state index contributed by atoms with van der Waals surface area (Å²) < 4.78 is 13.5. The summed E-state index contributed by atoms with van der Waals surface area (Å²) in [4.78, 5) is 7.36. The molecule has 5 heteroatoms. The molecule has 0 spiro atoms. The summed E-state index contributed by atoms with van der Waals surface area (Å²) in [6, 6.07) is 11.9. The highest BCUT2D eigenvalue weighted by Crippen LogP contribution is 2.23. The van der Waals surface area contributed by atoms with Crippen LogP contribution in [0.25, 0.3) is 11.0 Å². The first kappa shape index (κ1) is 11.0. The second kappa shape index (κ2) is 4.31. The van der Waals surface area contributed by atoms with Crippen molar-refractivity contribution in [2.45, 2.75) is 0 Å². The van der Waals surface area contributed by atoms with Gasteiger partial charge in [0.1, 0.15) is 5.82 Å². The molecule has 0 saturated heterocycles. The molecule has 0 amide bonds. The Kier molecular flexibility index (Phi) is 2.64. The Hall–Kier alpha value is -2.07. The number of rotatable bonds is 2. The largest absolute Gasteiger partial charge is 0.324 e. The summed E-state index contributed by atoms with van der Waals surface area (Å²) in [7, 11) is 0. The van der Waals surface area contributed by atoms with Crippen molar-refractivity contribution in [2.24, 2.45) is 0 Å². The molecule has 1 aromatic heterocycles. The lowest BCUT2D eigenvalue weighted by atomic mass is 10.3. The van der Waals surface area contributed by atoms with Crippen molar-refractivity contribution in [1.82, 2.24) is 9.97 Å². The molecular weight excluding hydrogens is 253 g/mol. The number of para-hydroxylation sites is 2. The van der Waals surface area contributed by atoms with Crippen LogP contribution in [0.3, 0.4) is 0 Å². The lowest BCUT2D eigenvalue weighted by molar-refractivity contribution is 0.631. The van der Waals surface area contributed by atoms with E-state index in [-0.39, 0.29) is 5.82 Å². The number of benzene rings is 2. The van der Waals surface area contributed by atoms with Crippen LogP contribution in [0.2, 0.25) is 5.02 Å². The van der Waals surface area contributed by atoms with Gasteiger partial charge >= 0.3 is 0 Å². The molecule has 18 heavy (non-hydrogen) atoms. The van der Waals surface area contributed by atoms with Gasteiger partial charge < -0.3 is 10.3 Å². The summed E-state index contributed by atoms with van der Waals surface area (Å²) >= 11 is 5.82. The third-order valence-electron chi connectivity index (χ3n) is 2.57. The third-order valence-corrected chi connectivity index (χ3v) is 2.81. The molecule has 1 heterocycles. The van der Waals surface area contributed by atoms with Crippen LogP contribution in [-0.4, -0.2) is 9.97 Å². The first-order valence-electron chi connectivity index (χ1n) is 5.39. The van der Waals surface area contributed by atoms with Gasteiger partial charge in [0, 0.05) is 5.02 Å². The summed E-state index contributed by atoms with van der Waals surface area (Å²) in [5, 5.41) is 3.34. The van der Waals surface area contributed by atoms with Crippen molar-refractivity contribution < 1.29 is 4.39 Å². The Bertz CT molecular complexity index is 675. The lowest BCUT2D eigenvalue weighted by Crippen LogP contribution is -1.95. The van der Waals surface area contributed by atoms with Gasteiger partial charge in [-0.1, -0.05) is 23.7 Å². The number of halogens is 2. The quantitative estimate of drug-likeness (QED) is 0.729. The number of fused-ring (bicyclic) bond motifs is 1. The van der Waals surface area contributed by atoms with Crippen LogP contribution in [0.1, 0.15) is 0 Å². The number of hydrogen-bond acceptors (Lipinski definition) is 2. The summed E-state index contributed by atoms with van der Waals surface area (Å²) in [6.07, 6.45) is 0. The average Bonchev–Trinajstić information content (AvgIpc) is 2.76. The third kappa shape index (κ3) is 2.02. The summed E-state index contributed by atoms with van der Waals surface area (Å²) in [5.74, 6) is 0.109. The monoisotopic (exact) mass is 261 g/mol. The Morgan fingerprint density at radius 2 is 2.00 bits per heavy atom. The number of nitrogens with one attached hydrogen (secondary N) is 2. The van der Waals surface area contributed by atoms with E-state index in [1.807, 2.05) is 24.3 Å². The van der Waals surface area contributed by atoms with Crippen LogP contribution in [0.5, 0.6) is 0 Å². The second-order valence-electron chi connectivity index (χ2n) is 3.85. The van der Waals surface area contributed by atoms with Crippen LogP contribution < -0.4 is 5.32 Å². The minimum atomic E-state index is -0.375. The van der Waals surface area contributed by atoms with E-state index in [2.05, 4.69) is 15.3 Å². The van der Waals surface area contributed by atoms with Gasteiger partial charge in [0.2, 0.25) is 5.95 Å². The van der Waals surface area contributed by atoms with Crippen LogP contribution >= 0.6 is 11.6 Å². The number of anilines is 2. The molecule has 0 aliphatic rings. The minimum Gasteiger partial charge on any atom is -0.324 e. The zero-order valence-corrected chi connectivity index (χ0v) is 10.0. The van der Waals surface area contributed by atoms with Crippen molar-refractivity contribution in [3.05, 3.63) is 53.3 Å². The number of hydrogen-bond donors (Lipinski definition) is 2. The van der Waals surface area contributed by atoms with Crippen LogP contribution in [0.4, 0.5) is 16.0 Å². The fourth-order valence-corrected chi connectivity index (χ4v) is 1.90. The number of H-pyrrole nitrogens is 1. The summed E-state index contributed by atoms with van der Waals surface area (Å²) in [5.41, 5.74) is 2.01. The molecule has 2 aromatic carbocycles. The molecular formula is C13H9ClFN3. The Balaban J connectivity index is 1.98. The number of aromatic amines is 1. The van der Waals surface area contributed by atoms with Crippen molar-refractivity contribution in [3.8, 4) is 0 Å². The molecule has 0 fully saturated rings. The topological polar surface area (TPSA) is 40.7 Å². The number of aromatic nitrogens is 2.